The molecule has 0 bridgehead atoms. The zero-order chi connectivity index (χ0) is 30.6. The highest BCUT2D eigenvalue weighted by atomic mass is 15.2. The van der Waals surface area contributed by atoms with E-state index < -0.39 is 0 Å². The van der Waals surface area contributed by atoms with Crippen molar-refractivity contribution in [3.8, 4) is 22.3 Å². The summed E-state index contributed by atoms with van der Waals surface area (Å²) in [7, 11) is 0. The van der Waals surface area contributed by atoms with Crippen LogP contribution in [0.3, 0.4) is 0 Å². The van der Waals surface area contributed by atoms with Crippen LogP contribution in [-0.2, 0) is 0 Å². The van der Waals surface area contributed by atoms with Crippen molar-refractivity contribution in [2.24, 2.45) is 0 Å². The Morgan fingerprint density at radius 3 is 1.39 bits per heavy atom. The lowest BCUT2D eigenvalue weighted by molar-refractivity contribution is 1.24. The lowest BCUT2D eigenvalue weighted by Gasteiger charge is -2.45. The van der Waals surface area contributed by atoms with Gasteiger partial charge in [-0.15, -0.1) is 0 Å². The number of aryl methyl sites for hydroxylation is 1. The number of hydrogen-bond donors (Lipinski definition) is 0. The Labute approximate surface area is 270 Å². The van der Waals surface area contributed by atoms with Crippen LogP contribution >= 0.6 is 0 Å². The van der Waals surface area contributed by atoms with E-state index in [0.717, 1.165) is 0 Å². The van der Waals surface area contributed by atoms with Crippen molar-refractivity contribution in [1.82, 2.24) is 0 Å². The largest absolute Gasteiger partial charge is 0.311 e. The van der Waals surface area contributed by atoms with Crippen LogP contribution < -0.4 is 26.2 Å². The summed E-state index contributed by atoms with van der Waals surface area (Å²) in [6.45, 7) is 2.32. The maximum absolute atomic E-state index is 2.54. The highest BCUT2D eigenvalue weighted by Crippen LogP contribution is 2.49. The molecule has 2 heterocycles. The van der Waals surface area contributed by atoms with Crippen LogP contribution in [0.2, 0.25) is 0 Å². The molecule has 0 saturated carbocycles. The molecule has 0 amide bonds. The highest BCUT2D eigenvalue weighted by molar-refractivity contribution is 7.00. The molecule has 0 saturated heterocycles. The van der Waals surface area contributed by atoms with E-state index in [4.69, 9.17) is 0 Å². The van der Waals surface area contributed by atoms with Gasteiger partial charge in [0.2, 0.25) is 0 Å². The Morgan fingerprint density at radius 1 is 0.370 bits per heavy atom. The summed E-state index contributed by atoms with van der Waals surface area (Å²) in [4.78, 5) is 5.02. The van der Waals surface area contributed by atoms with Gasteiger partial charge < -0.3 is 9.80 Å². The second kappa shape index (κ2) is 10.7. The van der Waals surface area contributed by atoms with E-state index in [9.17, 15) is 0 Å². The molecule has 0 unspecified atom stereocenters. The molecule has 2 nitrogen and oxygen atoms in total. The lowest BCUT2D eigenvalue weighted by atomic mass is 9.33. The topological polar surface area (TPSA) is 6.48 Å². The smallest absolute Gasteiger partial charge is 0.252 e. The number of fused-ring (bicyclic) bond motifs is 4. The average Bonchev–Trinajstić information content (AvgIpc) is 3.12. The Morgan fingerprint density at radius 2 is 0.804 bits per heavy atom. The Hall–Kier alpha value is -5.80. The van der Waals surface area contributed by atoms with Gasteiger partial charge in [-0.05, 0) is 70.3 Å². The Balaban J connectivity index is 1.40. The molecule has 46 heavy (non-hydrogen) atoms. The van der Waals surface area contributed by atoms with Gasteiger partial charge >= 0.3 is 0 Å². The summed E-state index contributed by atoms with van der Waals surface area (Å²) >= 11 is 0. The average molecular weight is 587 g/mol. The fourth-order valence-electron chi connectivity index (χ4n) is 7.64. The Kier molecular flexibility index (Phi) is 6.17. The molecular weight excluding hydrogens is 555 g/mol. The molecule has 0 aromatic heterocycles. The molecule has 2 aliphatic heterocycles. The van der Waals surface area contributed by atoms with Crippen LogP contribution in [0.1, 0.15) is 5.56 Å². The van der Waals surface area contributed by atoms with E-state index in [-0.39, 0.29) is 6.71 Å². The van der Waals surface area contributed by atoms with E-state index in [1.807, 2.05) is 0 Å². The summed E-state index contributed by atoms with van der Waals surface area (Å²) in [5.41, 5.74) is 17.4. The molecule has 0 radical (unpaired) electrons. The van der Waals surface area contributed by atoms with Crippen LogP contribution in [0.5, 0.6) is 0 Å². The summed E-state index contributed by atoms with van der Waals surface area (Å²) in [5.74, 6) is 0. The first-order valence-corrected chi connectivity index (χ1v) is 16.0. The quantitative estimate of drug-likeness (QED) is 0.190. The molecule has 3 heteroatoms. The highest BCUT2D eigenvalue weighted by Gasteiger charge is 2.43. The molecule has 2 aliphatic rings. The second-order valence-electron chi connectivity index (χ2n) is 12.2. The van der Waals surface area contributed by atoms with E-state index in [2.05, 4.69) is 187 Å². The first kappa shape index (κ1) is 26.6. The minimum absolute atomic E-state index is 0.110. The maximum atomic E-state index is 2.54. The monoisotopic (exact) mass is 586 g/mol. The predicted molar refractivity (Wildman–Crippen MR) is 196 cm³/mol. The SMILES string of the molecule is Cc1ccccc1N1c2ccccc2B2c3ccccc3N(c3c(-c4ccccc4)cccc3-c3ccccc3)c3cccc1c32. The van der Waals surface area contributed by atoms with Crippen molar-refractivity contribution < 1.29 is 0 Å². The molecule has 7 aromatic rings. The molecule has 0 aliphatic carbocycles. The summed E-state index contributed by atoms with van der Waals surface area (Å²) in [6.07, 6.45) is 0. The number of benzene rings is 7. The summed E-state index contributed by atoms with van der Waals surface area (Å²) in [5, 5.41) is 0. The zero-order valence-electron chi connectivity index (χ0n) is 25.6. The molecule has 0 fully saturated rings. The fourth-order valence-corrected chi connectivity index (χ4v) is 7.64. The summed E-state index contributed by atoms with van der Waals surface area (Å²) < 4.78 is 0. The fraction of sp³-hybridized carbons (Fsp3) is 0.0233. The van der Waals surface area contributed by atoms with E-state index >= 15 is 0 Å². The van der Waals surface area contributed by atoms with Gasteiger partial charge in [-0.1, -0.05) is 140 Å². The first-order chi connectivity index (χ1) is 22.8. The number of anilines is 6. The molecule has 7 aromatic carbocycles. The number of hydrogen-bond acceptors (Lipinski definition) is 2. The molecule has 0 spiro atoms. The van der Waals surface area contributed by atoms with Crippen molar-refractivity contribution in [3.63, 3.8) is 0 Å². The van der Waals surface area contributed by atoms with Gasteiger partial charge in [0.15, 0.2) is 0 Å². The van der Waals surface area contributed by atoms with Crippen LogP contribution in [0.15, 0.2) is 170 Å². The predicted octanol–water partition coefficient (Wildman–Crippen LogP) is 9.41. The van der Waals surface area contributed by atoms with E-state index in [1.54, 1.807) is 0 Å². The standard InChI is InChI=1S/C43H31BN2/c1-30-16-8-11-25-37(30)45-38-26-12-9-23-35(38)44-36-24-10-13-27-39(36)46(41-29-15-28-40(45)42(41)44)43-33(31-17-4-2-5-18-31)21-14-22-34(43)32-19-6-3-7-20-32/h2-29H,1H3. The third-order valence-corrected chi connectivity index (χ3v) is 9.59. The minimum Gasteiger partial charge on any atom is -0.311 e. The number of para-hydroxylation sites is 4. The molecule has 216 valence electrons. The molecule has 0 atom stereocenters. The number of rotatable bonds is 4. The Bertz CT molecular complexity index is 2180. The van der Waals surface area contributed by atoms with Crippen molar-refractivity contribution in [2.75, 3.05) is 9.80 Å². The lowest BCUT2D eigenvalue weighted by Crippen LogP contribution is -2.61. The van der Waals surface area contributed by atoms with Crippen LogP contribution in [0, 0.1) is 6.92 Å². The minimum atomic E-state index is 0.110. The van der Waals surface area contributed by atoms with Gasteiger partial charge in [0.05, 0.1) is 5.69 Å². The normalized spacial score (nSPS) is 12.8. The van der Waals surface area contributed by atoms with Crippen molar-refractivity contribution in [3.05, 3.63) is 175 Å². The van der Waals surface area contributed by atoms with Crippen LogP contribution in [0.25, 0.3) is 22.3 Å². The third-order valence-electron chi connectivity index (χ3n) is 9.59. The summed E-state index contributed by atoms with van der Waals surface area (Å²) in [6, 6.07) is 62.0. The van der Waals surface area contributed by atoms with Crippen LogP contribution in [-0.4, -0.2) is 6.71 Å². The van der Waals surface area contributed by atoms with Crippen molar-refractivity contribution in [1.29, 1.82) is 0 Å². The van der Waals surface area contributed by atoms with Crippen molar-refractivity contribution >= 4 is 57.2 Å². The van der Waals surface area contributed by atoms with Crippen LogP contribution in [0.4, 0.5) is 34.1 Å². The van der Waals surface area contributed by atoms with Gasteiger partial charge in [0, 0.05) is 39.6 Å². The number of nitrogens with zero attached hydrogens (tertiary/aromatic N) is 2. The zero-order valence-corrected chi connectivity index (χ0v) is 25.6. The molecular formula is C43H31BN2. The molecule has 9 rings (SSSR count). The first-order valence-electron chi connectivity index (χ1n) is 16.0. The molecule has 0 N–H and O–H groups in total. The maximum Gasteiger partial charge on any atom is 0.252 e. The third kappa shape index (κ3) is 3.98. The van der Waals surface area contributed by atoms with Gasteiger partial charge in [-0.25, -0.2) is 0 Å². The second-order valence-corrected chi connectivity index (χ2v) is 12.2. The van der Waals surface area contributed by atoms with Gasteiger partial charge in [0.1, 0.15) is 0 Å². The van der Waals surface area contributed by atoms with E-state index in [1.165, 1.54) is 78.3 Å². The van der Waals surface area contributed by atoms with Gasteiger partial charge in [-0.2, -0.15) is 0 Å². The van der Waals surface area contributed by atoms with Gasteiger partial charge in [-0.3, -0.25) is 0 Å². The van der Waals surface area contributed by atoms with Gasteiger partial charge in [0.25, 0.3) is 6.71 Å². The van der Waals surface area contributed by atoms with Crippen molar-refractivity contribution in [2.45, 2.75) is 6.92 Å². The van der Waals surface area contributed by atoms with E-state index in [0.29, 0.717) is 0 Å².